The van der Waals surface area contributed by atoms with Crippen LogP contribution >= 0.6 is 0 Å². The van der Waals surface area contributed by atoms with Crippen LogP contribution in [-0.4, -0.2) is 45.0 Å². The average molecular weight is 604 g/mol. The molecule has 0 saturated heterocycles. The zero-order chi connectivity index (χ0) is 31.3. The van der Waals surface area contributed by atoms with Crippen molar-refractivity contribution in [2.24, 2.45) is 7.05 Å². The summed E-state index contributed by atoms with van der Waals surface area (Å²) in [6.07, 6.45) is 2.58. The normalized spacial score (nSPS) is 15.8. The predicted octanol–water partition coefficient (Wildman–Crippen LogP) is 4.58. The van der Waals surface area contributed by atoms with Crippen molar-refractivity contribution in [3.05, 3.63) is 99.6 Å². The van der Waals surface area contributed by atoms with E-state index in [0.29, 0.717) is 40.9 Å². The maximum absolute atomic E-state index is 14.2. The van der Waals surface area contributed by atoms with E-state index in [0.717, 1.165) is 46.5 Å². The third-order valence-corrected chi connectivity index (χ3v) is 8.75. The average Bonchev–Trinajstić information content (AvgIpc) is 3.78. The van der Waals surface area contributed by atoms with Gasteiger partial charge in [-0.1, -0.05) is 67.9 Å². The van der Waals surface area contributed by atoms with Gasteiger partial charge in [-0.15, -0.1) is 10.2 Å². The molecule has 3 aromatic carbocycles. The molecule has 4 heterocycles. The number of nitrogens with one attached hydrogen (secondary N) is 3. The van der Waals surface area contributed by atoms with E-state index in [4.69, 9.17) is 4.98 Å². The van der Waals surface area contributed by atoms with Gasteiger partial charge in [-0.3, -0.25) is 13.9 Å². The van der Waals surface area contributed by atoms with E-state index >= 15 is 0 Å². The molecule has 0 bridgehead atoms. The summed E-state index contributed by atoms with van der Waals surface area (Å²) in [4.78, 5) is 19.2. The van der Waals surface area contributed by atoms with Crippen molar-refractivity contribution in [2.45, 2.75) is 45.2 Å². The number of aromatic nitrogens is 7. The minimum absolute atomic E-state index is 0.0589. The summed E-state index contributed by atoms with van der Waals surface area (Å²) in [5, 5.41) is 36.3. The van der Waals surface area contributed by atoms with Crippen LogP contribution in [0.3, 0.4) is 0 Å². The summed E-state index contributed by atoms with van der Waals surface area (Å²) in [5.74, 6) is 1.13. The molecule has 0 unspecified atom stereocenters. The van der Waals surface area contributed by atoms with Crippen LogP contribution in [-0.2, 0) is 25.6 Å². The van der Waals surface area contributed by atoms with Gasteiger partial charge in [0.15, 0.2) is 0 Å². The molecule has 1 aliphatic heterocycles. The Morgan fingerprint density at radius 2 is 1.76 bits per heavy atom. The number of aromatic hydroxyl groups is 2. The maximum atomic E-state index is 14.2. The van der Waals surface area contributed by atoms with Gasteiger partial charge in [0, 0.05) is 19.0 Å². The first-order valence-electron chi connectivity index (χ1n) is 14.9. The second-order valence-electron chi connectivity index (χ2n) is 11.6. The SMILES string of the molecule is CCCCc1nc2ccc([C@]3(C)NNc4c3c(O)n(C)c4O)cc2c(=O)n1Cc1ccc(-c2ccccc2-c2nn[nH]n2)cc1. The first kappa shape index (κ1) is 28.3. The van der Waals surface area contributed by atoms with Crippen molar-refractivity contribution in [3.8, 4) is 34.3 Å². The highest BCUT2D eigenvalue weighted by Crippen LogP contribution is 2.49. The van der Waals surface area contributed by atoms with Crippen LogP contribution in [0.4, 0.5) is 5.69 Å². The van der Waals surface area contributed by atoms with Gasteiger partial charge >= 0.3 is 0 Å². The Kier molecular flexibility index (Phi) is 6.85. The van der Waals surface area contributed by atoms with Crippen LogP contribution in [0, 0.1) is 0 Å². The summed E-state index contributed by atoms with van der Waals surface area (Å²) in [7, 11) is 1.59. The molecule has 12 nitrogen and oxygen atoms in total. The number of unbranched alkanes of at least 4 members (excludes halogenated alkanes) is 1. The van der Waals surface area contributed by atoms with Crippen LogP contribution in [0.25, 0.3) is 33.4 Å². The van der Waals surface area contributed by atoms with Gasteiger partial charge in [0.2, 0.25) is 17.6 Å². The summed E-state index contributed by atoms with van der Waals surface area (Å²) < 4.78 is 3.09. The highest BCUT2D eigenvalue weighted by atomic mass is 16.3. The number of hydrogen-bond donors (Lipinski definition) is 5. The van der Waals surface area contributed by atoms with E-state index in [1.54, 1.807) is 11.6 Å². The summed E-state index contributed by atoms with van der Waals surface area (Å²) in [6.45, 7) is 4.38. The Balaban J connectivity index is 1.27. The van der Waals surface area contributed by atoms with Gasteiger partial charge in [-0.2, -0.15) is 5.21 Å². The number of hydrogen-bond acceptors (Lipinski definition) is 9. The van der Waals surface area contributed by atoms with E-state index in [1.807, 2.05) is 73.7 Å². The van der Waals surface area contributed by atoms with Crippen molar-refractivity contribution >= 4 is 16.6 Å². The van der Waals surface area contributed by atoms with E-state index in [2.05, 4.69) is 38.4 Å². The van der Waals surface area contributed by atoms with Crippen molar-refractivity contribution in [3.63, 3.8) is 0 Å². The third-order valence-electron chi connectivity index (χ3n) is 8.75. The first-order chi connectivity index (χ1) is 21.8. The topological polar surface area (TPSA) is 159 Å². The third kappa shape index (κ3) is 4.61. The molecule has 6 aromatic rings. The molecule has 1 aliphatic rings. The quantitative estimate of drug-likeness (QED) is 0.168. The second-order valence-corrected chi connectivity index (χ2v) is 11.6. The fourth-order valence-electron chi connectivity index (χ4n) is 6.16. The molecule has 0 saturated carbocycles. The molecule has 0 fully saturated rings. The first-order valence-corrected chi connectivity index (χ1v) is 14.9. The van der Waals surface area contributed by atoms with Crippen molar-refractivity contribution in [1.82, 2.24) is 40.2 Å². The van der Waals surface area contributed by atoms with Crippen LogP contribution in [0.5, 0.6) is 11.8 Å². The molecular weight excluding hydrogens is 570 g/mol. The molecule has 228 valence electrons. The lowest BCUT2D eigenvalue weighted by Crippen LogP contribution is -2.38. The zero-order valence-electron chi connectivity index (χ0n) is 25.2. The van der Waals surface area contributed by atoms with E-state index in [1.165, 1.54) is 4.57 Å². The summed E-state index contributed by atoms with van der Waals surface area (Å²) >= 11 is 0. The number of aryl methyl sites for hydroxylation is 1. The van der Waals surface area contributed by atoms with Gasteiger partial charge in [0.05, 0.1) is 28.6 Å². The molecular formula is C33H33N9O3. The van der Waals surface area contributed by atoms with Gasteiger partial charge in [0.1, 0.15) is 11.5 Å². The zero-order valence-corrected chi connectivity index (χ0v) is 25.2. The van der Waals surface area contributed by atoms with Crippen LogP contribution in [0.2, 0.25) is 0 Å². The molecule has 7 rings (SSSR count). The fourth-order valence-corrected chi connectivity index (χ4v) is 6.16. The lowest BCUT2D eigenvalue weighted by molar-refractivity contribution is 0.372. The monoisotopic (exact) mass is 603 g/mol. The van der Waals surface area contributed by atoms with E-state index < -0.39 is 5.54 Å². The van der Waals surface area contributed by atoms with Crippen LogP contribution < -0.4 is 16.4 Å². The number of aromatic amines is 1. The Labute approximate surface area is 258 Å². The number of nitrogens with zero attached hydrogens (tertiary/aromatic N) is 6. The maximum Gasteiger partial charge on any atom is 0.261 e. The molecule has 45 heavy (non-hydrogen) atoms. The molecule has 0 spiro atoms. The smallest absolute Gasteiger partial charge is 0.261 e. The van der Waals surface area contributed by atoms with Crippen molar-refractivity contribution in [2.75, 3.05) is 5.43 Å². The molecule has 0 amide bonds. The lowest BCUT2D eigenvalue weighted by atomic mass is 9.86. The summed E-state index contributed by atoms with van der Waals surface area (Å²) in [5.41, 5.74) is 11.3. The molecule has 5 N–H and O–H groups in total. The number of hydrazine groups is 1. The van der Waals surface area contributed by atoms with Gasteiger partial charge in [0.25, 0.3) is 5.56 Å². The van der Waals surface area contributed by atoms with Gasteiger partial charge in [-0.05, 0) is 52.9 Å². The Bertz CT molecular complexity index is 2100. The number of H-pyrrole nitrogens is 1. The number of anilines is 1. The number of fused-ring (bicyclic) bond motifs is 2. The number of benzene rings is 3. The largest absolute Gasteiger partial charge is 0.494 e. The number of tetrazole rings is 1. The molecule has 12 heteroatoms. The Morgan fingerprint density at radius 1 is 0.978 bits per heavy atom. The molecule has 1 atom stereocenters. The lowest BCUT2D eigenvalue weighted by Gasteiger charge is -2.26. The van der Waals surface area contributed by atoms with E-state index in [-0.39, 0.29) is 17.3 Å². The molecule has 3 aromatic heterocycles. The number of rotatable bonds is 8. The van der Waals surface area contributed by atoms with Crippen molar-refractivity contribution < 1.29 is 10.2 Å². The highest BCUT2D eigenvalue weighted by molar-refractivity contribution is 5.81. The summed E-state index contributed by atoms with van der Waals surface area (Å²) in [6, 6.07) is 21.6. The molecule has 0 radical (unpaired) electrons. The fraction of sp³-hybridized carbons (Fsp3) is 0.242. The van der Waals surface area contributed by atoms with E-state index in [9.17, 15) is 15.0 Å². The second kappa shape index (κ2) is 10.9. The standard InChI is InChI=1S/C33H33N9O3/c1-4-5-10-26-34-25-16-15-21(33(2)27-28(35-38-33)32(45)41(3)31(27)44)17-24(25)30(43)42(26)18-19-11-13-20(14-12-19)22-8-6-7-9-23(22)29-36-39-40-37-29/h6-9,11-17,35,38,44-45H,4-5,10,18H2,1-3H3,(H,36,37,39,40)/t33-/m0/s1. The Hall–Kier alpha value is -5.49. The minimum Gasteiger partial charge on any atom is -0.494 e. The van der Waals surface area contributed by atoms with Crippen LogP contribution in [0.15, 0.2) is 71.5 Å². The van der Waals surface area contributed by atoms with Crippen molar-refractivity contribution in [1.29, 1.82) is 0 Å². The minimum atomic E-state index is -0.905. The predicted molar refractivity (Wildman–Crippen MR) is 171 cm³/mol. The van der Waals surface area contributed by atoms with Gasteiger partial charge in [-0.25, -0.2) is 10.4 Å². The highest BCUT2D eigenvalue weighted by Gasteiger charge is 2.43. The van der Waals surface area contributed by atoms with Gasteiger partial charge < -0.3 is 15.6 Å². The Morgan fingerprint density at radius 3 is 2.49 bits per heavy atom. The molecule has 0 aliphatic carbocycles. The van der Waals surface area contributed by atoms with Crippen LogP contribution in [0.1, 0.15) is 49.2 Å².